The molecule has 0 N–H and O–H groups in total. The summed E-state index contributed by atoms with van der Waals surface area (Å²) >= 11 is 0. The van der Waals surface area contributed by atoms with Gasteiger partial charge >= 0.3 is 0 Å². The Morgan fingerprint density at radius 3 is 2.93 bits per heavy atom. The van der Waals surface area contributed by atoms with Crippen LogP contribution in [-0.2, 0) is 0 Å². The van der Waals surface area contributed by atoms with Crippen molar-refractivity contribution in [3.05, 3.63) is 29.8 Å². The van der Waals surface area contributed by atoms with Crippen LogP contribution >= 0.6 is 0 Å². The summed E-state index contributed by atoms with van der Waals surface area (Å²) in [5, 5.41) is 0. The number of para-hydroxylation sites is 1. The number of Topliss-reactive ketones (excluding diaryl/α,β-unsaturated/α-hetero) is 1. The molecule has 0 amide bonds. The van der Waals surface area contributed by atoms with Gasteiger partial charge in [0.15, 0.2) is 5.78 Å². The molecule has 3 rings (SSSR count). The van der Waals surface area contributed by atoms with E-state index in [1.165, 1.54) is 0 Å². The third-order valence-electron chi connectivity index (χ3n) is 3.65. The SMILES string of the molecule is C[C@@H]1CC[C@H]2Oc3ccccc3C(=O)[C@@H]12. The van der Waals surface area contributed by atoms with E-state index >= 15 is 0 Å². The fourth-order valence-electron chi connectivity index (χ4n) is 2.83. The summed E-state index contributed by atoms with van der Waals surface area (Å²) in [4.78, 5) is 12.2. The molecule has 1 aromatic rings. The Morgan fingerprint density at radius 2 is 2.07 bits per heavy atom. The summed E-state index contributed by atoms with van der Waals surface area (Å²) < 4.78 is 5.88. The van der Waals surface area contributed by atoms with E-state index in [0.717, 1.165) is 24.2 Å². The summed E-state index contributed by atoms with van der Waals surface area (Å²) in [5.41, 5.74) is 0.771. The Bertz CT molecular complexity index is 411. The predicted octanol–water partition coefficient (Wildman–Crippen LogP) is 2.68. The summed E-state index contributed by atoms with van der Waals surface area (Å²) in [6.45, 7) is 2.15. The van der Waals surface area contributed by atoms with Gasteiger partial charge < -0.3 is 4.74 Å². The molecule has 1 fully saturated rings. The fraction of sp³-hybridized carbons (Fsp3) is 0.462. The predicted molar refractivity (Wildman–Crippen MR) is 57.1 cm³/mol. The number of hydrogen-bond acceptors (Lipinski definition) is 2. The number of fused-ring (bicyclic) bond motifs is 2. The molecule has 1 aliphatic carbocycles. The van der Waals surface area contributed by atoms with Crippen molar-refractivity contribution in [3.63, 3.8) is 0 Å². The second kappa shape index (κ2) is 3.09. The number of ketones is 1. The molecule has 3 atom stereocenters. The van der Waals surface area contributed by atoms with Crippen LogP contribution in [0.25, 0.3) is 0 Å². The van der Waals surface area contributed by atoms with Crippen molar-refractivity contribution in [2.45, 2.75) is 25.9 Å². The molecule has 78 valence electrons. The Balaban J connectivity index is 2.07. The smallest absolute Gasteiger partial charge is 0.173 e. The second-order valence-electron chi connectivity index (χ2n) is 4.60. The minimum atomic E-state index is 0.0971. The third-order valence-corrected chi connectivity index (χ3v) is 3.65. The molecule has 0 bridgehead atoms. The van der Waals surface area contributed by atoms with Crippen LogP contribution in [-0.4, -0.2) is 11.9 Å². The molecule has 2 aliphatic rings. The van der Waals surface area contributed by atoms with Gasteiger partial charge in [0.25, 0.3) is 0 Å². The standard InChI is InChI=1S/C13H14O2/c1-8-6-7-11-12(8)13(14)9-4-2-3-5-10(9)15-11/h2-5,8,11-12H,6-7H2,1H3/t8-,11-,12+/m1/s1. The Hall–Kier alpha value is -1.31. The Morgan fingerprint density at radius 1 is 1.27 bits per heavy atom. The van der Waals surface area contributed by atoms with E-state index in [4.69, 9.17) is 4.74 Å². The molecular formula is C13H14O2. The first-order valence-corrected chi connectivity index (χ1v) is 5.57. The molecule has 0 radical (unpaired) electrons. The van der Waals surface area contributed by atoms with E-state index in [0.29, 0.717) is 5.92 Å². The lowest BCUT2D eigenvalue weighted by Gasteiger charge is -2.29. The van der Waals surface area contributed by atoms with E-state index in [-0.39, 0.29) is 17.8 Å². The average molecular weight is 202 g/mol. The molecule has 1 aromatic carbocycles. The van der Waals surface area contributed by atoms with Gasteiger partial charge in [-0.15, -0.1) is 0 Å². The van der Waals surface area contributed by atoms with Gasteiger partial charge in [0.05, 0.1) is 11.5 Å². The van der Waals surface area contributed by atoms with E-state index in [1.807, 2.05) is 24.3 Å². The van der Waals surface area contributed by atoms with E-state index in [9.17, 15) is 4.79 Å². The van der Waals surface area contributed by atoms with Gasteiger partial charge in [0, 0.05) is 0 Å². The van der Waals surface area contributed by atoms with Gasteiger partial charge in [0.1, 0.15) is 11.9 Å². The number of hydrogen-bond donors (Lipinski definition) is 0. The quantitative estimate of drug-likeness (QED) is 0.646. The molecule has 2 heteroatoms. The van der Waals surface area contributed by atoms with E-state index in [2.05, 4.69) is 6.92 Å². The number of benzene rings is 1. The van der Waals surface area contributed by atoms with Gasteiger partial charge in [-0.25, -0.2) is 0 Å². The first kappa shape index (κ1) is 8.96. The van der Waals surface area contributed by atoms with E-state index < -0.39 is 0 Å². The summed E-state index contributed by atoms with van der Waals surface area (Å²) in [5.74, 6) is 1.63. The first-order chi connectivity index (χ1) is 7.27. The van der Waals surface area contributed by atoms with Gasteiger partial charge in [-0.3, -0.25) is 4.79 Å². The Labute approximate surface area is 89.2 Å². The van der Waals surface area contributed by atoms with Crippen LogP contribution in [0.5, 0.6) is 5.75 Å². The molecule has 0 spiro atoms. The normalized spacial score (nSPS) is 33.1. The zero-order valence-electron chi connectivity index (χ0n) is 8.77. The monoisotopic (exact) mass is 202 g/mol. The Kier molecular flexibility index (Phi) is 1.84. The van der Waals surface area contributed by atoms with Crippen LogP contribution in [0.2, 0.25) is 0 Å². The summed E-state index contributed by atoms with van der Waals surface area (Å²) in [6, 6.07) is 7.59. The number of carbonyl (C=O) groups is 1. The van der Waals surface area contributed by atoms with Crippen molar-refractivity contribution < 1.29 is 9.53 Å². The van der Waals surface area contributed by atoms with Crippen LogP contribution in [0.15, 0.2) is 24.3 Å². The highest BCUT2D eigenvalue weighted by molar-refractivity contribution is 6.02. The van der Waals surface area contributed by atoms with Gasteiger partial charge in [0.2, 0.25) is 0 Å². The van der Waals surface area contributed by atoms with Gasteiger partial charge in [-0.2, -0.15) is 0 Å². The van der Waals surface area contributed by atoms with Crippen molar-refractivity contribution >= 4 is 5.78 Å². The van der Waals surface area contributed by atoms with Crippen molar-refractivity contribution in [1.29, 1.82) is 0 Å². The minimum Gasteiger partial charge on any atom is -0.489 e. The highest BCUT2D eigenvalue weighted by Gasteiger charge is 2.44. The van der Waals surface area contributed by atoms with Crippen LogP contribution in [0.4, 0.5) is 0 Å². The van der Waals surface area contributed by atoms with Gasteiger partial charge in [-0.1, -0.05) is 19.1 Å². The molecule has 15 heavy (non-hydrogen) atoms. The topological polar surface area (TPSA) is 26.3 Å². The zero-order chi connectivity index (χ0) is 10.4. The van der Waals surface area contributed by atoms with Crippen molar-refractivity contribution in [2.75, 3.05) is 0 Å². The molecule has 1 saturated carbocycles. The largest absolute Gasteiger partial charge is 0.489 e. The molecule has 0 aromatic heterocycles. The van der Waals surface area contributed by atoms with Crippen LogP contribution < -0.4 is 4.74 Å². The third kappa shape index (κ3) is 1.21. The second-order valence-corrected chi connectivity index (χ2v) is 4.60. The molecule has 0 saturated heterocycles. The number of ether oxygens (including phenoxy) is 1. The van der Waals surface area contributed by atoms with Crippen molar-refractivity contribution in [1.82, 2.24) is 0 Å². The first-order valence-electron chi connectivity index (χ1n) is 5.57. The minimum absolute atomic E-state index is 0.0971. The number of carbonyl (C=O) groups excluding carboxylic acids is 1. The van der Waals surface area contributed by atoms with Gasteiger partial charge in [-0.05, 0) is 30.9 Å². The van der Waals surface area contributed by atoms with Crippen LogP contribution in [0.3, 0.4) is 0 Å². The maximum absolute atomic E-state index is 12.2. The summed E-state index contributed by atoms with van der Waals surface area (Å²) in [7, 11) is 0. The molecule has 0 unspecified atom stereocenters. The lowest BCUT2D eigenvalue weighted by atomic mass is 9.86. The fourth-order valence-corrected chi connectivity index (χ4v) is 2.83. The highest BCUT2D eigenvalue weighted by atomic mass is 16.5. The molecule has 1 aliphatic heterocycles. The maximum Gasteiger partial charge on any atom is 0.173 e. The summed E-state index contributed by atoms with van der Waals surface area (Å²) in [6.07, 6.45) is 2.25. The zero-order valence-corrected chi connectivity index (χ0v) is 8.77. The van der Waals surface area contributed by atoms with Crippen LogP contribution in [0, 0.1) is 11.8 Å². The average Bonchev–Trinajstić information content (AvgIpc) is 2.61. The maximum atomic E-state index is 12.2. The lowest BCUT2D eigenvalue weighted by Crippen LogP contribution is -2.36. The van der Waals surface area contributed by atoms with Crippen molar-refractivity contribution in [3.8, 4) is 5.75 Å². The molecule has 2 nitrogen and oxygen atoms in total. The van der Waals surface area contributed by atoms with Crippen LogP contribution in [0.1, 0.15) is 30.1 Å². The lowest BCUT2D eigenvalue weighted by molar-refractivity contribution is 0.0681. The molecular weight excluding hydrogens is 188 g/mol. The molecule has 1 heterocycles. The van der Waals surface area contributed by atoms with E-state index in [1.54, 1.807) is 0 Å². The van der Waals surface area contributed by atoms with Crippen molar-refractivity contribution in [2.24, 2.45) is 11.8 Å². The highest BCUT2D eigenvalue weighted by Crippen LogP contribution is 2.42. The number of rotatable bonds is 0.